The van der Waals surface area contributed by atoms with Crippen molar-refractivity contribution in [3.8, 4) is 0 Å². The Hall–Kier alpha value is 0.590. The Kier molecular flexibility index (Phi) is 9.42. The van der Waals surface area contributed by atoms with Crippen LogP contribution in [-0.2, 0) is 0 Å². The van der Waals surface area contributed by atoms with Crippen molar-refractivity contribution >= 4 is 59.6 Å². The molecule has 0 aliphatic carbocycles. The van der Waals surface area contributed by atoms with Gasteiger partial charge in [0.25, 0.3) is 0 Å². The van der Waals surface area contributed by atoms with Gasteiger partial charge >= 0.3 is 0 Å². The molecule has 128 valence electrons. The summed E-state index contributed by atoms with van der Waals surface area (Å²) in [5.41, 5.74) is 1.08. The molecule has 1 aromatic rings. The van der Waals surface area contributed by atoms with Crippen LogP contribution >= 0.6 is 59.6 Å². The third-order valence-corrected chi connectivity index (χ3v) is 4.69. The molecule has 1 aliphatic rings. The van der Waals surface area contributed by atoms with Crippen LogP contribution in [0, 0.1) is 5.41 Å². The van der Waals surface area contributed by atoms with Crippen molar-refractivity contribution in [1.29, 1.82) is 0 Å². The number of halogens is 5. The van der Waals surface area contributed by atoms with Crippen molar-refractivity contribution < 1.29 is 0 Å². The largest absolute Gasteiger partial charge is 0.314 e. The fourth-order valence-electron chi connectivity index (χ4n) is 2.93. The lowest BCUT2D eigenvalue weighted by Crippen LogP contribution is -2.48. The molecule has 0 radical (unpaired) electrons. The Morgan fingerprint density at radius 1 is 1.05 bits per heavy atom. The van der Waals surface area contributed by atoms with E-state index in [-0.39, 0.29) is 36.3 Å². The average molecular weight is 409 g/mol. The lowest BCUT2D eigenvalue weighted by atomic mass is 9.81. The van der Waals surface area contributed by atoms with Crippen molar-refractivity contribution in [2.24, 2.45) is 5.41 Å². The first-order valence-corrected chi connectivity index (χ1v) is 8.03. The predicted octanol–water partition coefficient (Wildman–Crippen LogP) is 5.48. The molecule has 1 aliphatic heterocycles. The van der Waals surface area contributed by atoms with Crippen molar-refractivity contribution in [3.63, 3.8) is 0 Å². The number of piperazine rings is 1. The van der Waals surface area contributed by atoms with Crippen LogP contribution in [0.25, 0.3) is 0 Å². The van der Waals surface area contributed by atoms with Crippen LogP contribution in [0.5, 0.6) is 0 Å². The first-order chi connectivity index (χ1) is 9.30. The highest BCUT2D eigenvalue weighted by Gasteiger charge is 2.34. The van der Waals surface area contributed by atoms with Gasteiger partial charge in [-0.25, -0.2) is 0 Å². The highest BCUT2D eigenvalue weighted by Crippen LogP contribution is 2.44. The van der Waals surface area contributed by atoms with Crippen molar-refractivity contribution in [3.05, 3.63) is 32.8 Å². The topological polar surface area (TPSA) is 15.3 Å². The molecular formula is C15H23Cl5N2. The molecule has 1 saturated heterocycles. The van der Waals surface area contributed by atoms with Gasteiger partial charge in [-0.05, 0) is 23.1 Å². The summed E-state index contributed by atoms with van der Waals surface area (Å²) in [6.07, 6.45) is 0. The van der Waals surface area contributed by atoms with E-state index in [1.165, 1.54) is 0 Å². The summed E-state index contributed by atoms with van der Waals surface area (Å²) in [6, 6.07) is 3.86. The summed E-state index contributed by atoms with van der Waals surface area (Å²) in [5, 5.41) is 5.17. The number of hydrogen-bond acceptors (Lipinski definition) is 2. The average Bonchev–Trinajstić information content (AvgIpc) is 2.35. The van der Waals surface area contributed by atoms with Gasteiger partial charge in [-0.1, -0.05) is 55.6 Å². The van der Waals surface area contributed by atoms with Crippen LogP contribution in [0.15, 0.2) is 12.1 Å². The summed E-state index contributed by atoms with van der Waals surface area (Å²) < 4.78 is 0. The number of rotatable bonds is 2. The van der Waals surface area contributed by atoms with Gasteiger partial charge < -0.3 is 5.32 Å². The summed E-state index contributed by atoms with van der Waals surface area (Å²) in [7, 11) is 0. The lowest BCUT2D eigenvalue weighted by Gasteiger charge is -2.43. The molecule has 0 saturated carbocycles. The zero-order valence-corrected chi connectivity index (χ0v) is 16.9. The first kappa shape index (κ1) is 22.6. The number of nitrogens with zero attached hydrogens (tertiary/aromatic N) is 1. The van der Waals surface area contributed by atoms with E-state index in [4.69, 9.17) is 34.8 Å². The summed E-state index contributed by atoms with van der Waals surface area (Å²) >= 11 is 18.8. The maximum atomic E-state index is 6.45. The molecule has 2 rings (SSSR count). The van der Waals surface area contributed by atoms with E-state index >= 15 is 0 Å². The molecule has 0 unspecified atom stereocenters. The van der Waals surface area contributed by atoms with Gasteiger partial charge in [0.05, 0.1) is 10.0 Å². The van der Waals surface area contributed by atoms with Crippen LogP contribution < -0.4 is 5.32 Å². The Morgan fingerprint density at radius 2 is 1.59 bits per heavy atom. The van der Waals surface area contributed by atoms with E-state index < -0.39 is 0 Å². The fraction of sp³-hybridized carbons (Fsp3) is 0.600. The van der Waals surface area contributed by atoms with Crippen molar-refractivity contribution in [2.75, 3.05) is 26.2 Å². The highest BCUT2D eigenvalue weighted by atomic mass is 35.5. The van der Waals surface area contributed by atoms with Crippen LogP contribution in [0.4, 0.5) is 0 Å². The smallest absolute Gasteiger partial charge is 0.0641 e. The fourth-order valence-corrected chi connectivity index (χ4v) is 3.65. The lowest BCUT2D eigenvalue weighted by molar-refractivity contribution is 0.0863. The maximum Gasteiger partial charge on any atom is 0.0641 e. The minimum absolute atomic E-state index is 0. The second-order valence-electron chi connectivity index (χ2n) is 6.35. The molecule has 0 bridgehead atoms. The Labute approximate surface area is 160 Å². The molecule has 1 aromatic carbocycles. The predicted molar refractivity (Wildman–Crippen MR) is 103 cm³/mol. The second-order valence-corrected chi connectivity index (χ2v) is 7.57. The van der Waals surface area contributed by atoms with Crippen molar-refractivity contribution in [2.45, 2.75) is 26.8 Å². The Bertz CT molecular complexity index is 482. The normalized spacial score (nSPS) is 17.4. The van der Waals surface area contributed by atoms with Gasteiger partial charge in [0, 0.05) is 37.2 Å². The van der Waals surface area contributed by atoms with E-state index in [1.807, 2.05) is 6.07 Å². The van der Waals surface area contributed by atoms with Crippen LogP contribution in [0.2, 0.25) is 15.1 Å². The van der Waals surface area contributed by atoms with E-state index in [1.54, 1.807) is 6.07 Å². The van der Waals surface area contributed by atoms with Crippen LogP contribution in [0.1, 0.15) is 32.4 Å². The number of hydrogen-bond donors (Lipinski definition) is 1. The molecule has 1 fully saturated rings. The van der Waals surface area contributed by atoms with Gasteiger partial charge in [0.2, 0.25) is 0 Å². The van der Waals surface area contributed by atoms with E-state index in [9.17, 15) is 0 Å². The highest BCUT2D eigenvalue weighted by molar-refractivity contribution is 6.43. The molecule has 7 heteroatoms. The van der Waals surface area contributed by atoms with Gasteiger partial charge in [-0.15, -0.1) is 24.8 Å². The Morgan fingerprint density at radius 3 is 2.09 bits per heavy atom. The maximum absolute atomic E-state index is 6.45. The first-order valence-electron chi connectivity index (χ1n) is 6.90. The quantitative estimate of drug-likeness (QED) is 0.652. The zero-order valence-electron chi connectivity index (χ0n) is 13.0. The molecule has 0 amide bonds. The molecule has 1 N–H and O–H groups in total. The third-order valence-electron chi connectivity index (χ3n) is 3.65. The SMILES string of the molecule is CC(C)(C)[C@H](c1cc(Cl)cc(Cl)c1Cl)N1CCNCC1.Cl.Cl. The van der Waals surface area contributed by atoms with Gasteiger partial charge in [-0.2, -0.15) is 0 Å². The van der Waals surface area contributed by atoms with Gasteiger partial charge in [0.1, 0.15) is 0 Å². The molecule has 1 atom stereocenters. The van der Waals surface area contributed by atoms with E-state index in [2.05, 4.69) is 31.0 Å². The van der Waals surface area contributed by atoms with Gasteiger partial charge in [-0.3, -0.25) is 4.90 Å². The number of benzene rings is 1. The standard InChI is InChI=1S/C15H21Cl3N2.2ClH/c1-15(2,3)14(20-6-4-19-5-7-20)11-8-10(16)9-12(17)13(11)18;;/h8-9,14,19H,4-7H2,1-3H3;2*1H/t14-;;/m0../s1. The minimum Gasteiger partial charge on any atom is -0.314 e. The molecule has 2 nitrogen and oxygen atoms in total. The number of nitrogens with one attached hydrogen (secondary N) is 1. The summed E-state index contributed by atoms with van der Waals surface area (Å²) in [4.78, 5) is 2.46. The second kappa shape index (κ2) is 9.17. The van der Waals surface area contributed by atoms with E-state index in [0.29, 0.717) is 15.1 Å². The van der Waals surface area contributed by atoms with Crippen LogP contribution in [-0.4, -0.2) is 31.1 Å². The monoisotopic (exact) mass is 406 g/mol. The molecule has 0 aromatic heterocycles. The minimum atomic E-state index is 0. The summed E-state index contributed by atoms with van der Waals surface area (Å²) in [6.45, 7) is 10.7. The molecule has 0 spiro atoms. The van der Waals surface area contributed by atoms with Crippen molar-refractivity contribution in [1.82, 2.24) is 10.2 Å². The zero-order chi connectivity index (χ0) is 14.9. The Balaban J connectivity index is 0.00000220. The third kappa shape index (κ3) is 5.31. The summed E-state index contributed by atoms with van der Waals surface area (Å²) in [5.74, 6) is 0. The van der Waals surface area contributed by atoms with Gasteiger partial charge in [0.15, 0.2) is 0 Å². The molecular weight excluding hydrogens is 385 g/mol. The molecule has 1 heterocycles. The molecule has 22 heavy (non-hydrogen) atoms. The van der Waals surface area contributed by atoms with E-state index in [0.717, 1.165) is 31.7 Å². The van der Waals surface area contributed by atoms with Crippen LogP contribution in [0.3, 0.4) is 0 Å².